The second-order valence-electron chi connectivity index (χ2n) is 7.81. The summed E-state index contributed by atoms with van der Waals surface area (Å²) < 4.78 is 16.8. The summed E-state index contributed by atoms with van der Waals surface area (Å²) >= 11 is 1.03. The standard InChI is InChI=1S/C28H28N2O6S/c1-4-9-24(31)30-27-25(28(33)35-6-3)26(32)23(37-27)15-18-12-13-21(22(14-18)34-5-2)36-17-20-11-8-7-10-19(20)16-29/h7-8,10-15,32H,4-6,9,17H2,1-3H3/b23-15-,30-27?. The number of benzene rings is 2. The van der Waals surface area contributed by atoms with Gasteiger partial charge in [0, 0.05) is 12.0 Å². The molecule has 0 aromatic heterocycles. The van der Waals surface area contributed by atoms with Gasteiger partial charge in [0.25, 0.3) is 0 Å². The van der Waals surface area contributed by atoms with E-state index in [9.17, 15) is 20.0 Å². The second kappa shape index (κ2) is 13.3. The van der Waals surface area contributed by atoms with E-state index in [4.69, 9.17) is 14.2 Å². The molecule has 1 amide bonds. The summed E-state index contributed by atoms with van der Waals surface area (Å²) in [6.45, 7) is 6.07. The molecule has 0 radical (unpaired) electrons. The lowest BCUT2D eigenvalue weighted by molar-refractivity contribution is -0.138. The van der Waals surface area contributed by atoms with Crippen molar-refractivity contribution in [1.29, 1.82) is 5.26 Å². The van der Waals surface area contributed by atoms with Crippen molar-refractivity contribution >= 4 is 34.8 Å². The van der Waals surface area contributed by atoms with Crippen LogP contribution in [0.5, 0.6) is 11.5 Å². The van der Waals surface area contributed by atoms with Crippen LogP contribution in [0.2, 0.25) is 0 Å². The zero-order valence-corrected chi connectivity index (χ0v) is 21.8. The maximum atomic E-state index is 12.5. The third kappa shape index (κ3) is 7.02. The van der Waals surface area contributed by atoms with Crippen LogP contribution in [0.15, 0.2) is 63.7 Å². The van der Waals surface area contributed by atoms with Gasteiger partial charge in [-0.25, -0.2) is 9.79 Å². The number of rotatable bonds is 10. The molecule has 1 heterocycles. The molecule has 1 aliphatic rings. The summed E-state index contributed by atoms with van der Waals surface area (Å²) in [5, 5.41) is 20.2. The van der Waals surface area contributed by atoms with Gasteiger partial charge in [-0.2, -0.15) is 5.26 Å². The molecule has 0 saturated heterocycles. The Labute approximate surface area is 220 Å². The molecule has 0 bridgehead atoms. The maximum absolute atomic E-state index is 12.5. The fourth-order valence-electron chi connectivity index (χ4n) is 3.44. The zero-order chi connectivity index (χ0) is 26.8. The second-order valence-corrected chi connectivity index (χ2v) is 8.84. The number of ether oxygens (including phenoxy) is 3. The molecule has 1 aliphatic heterocycles. The first-order valence-corrected chi connectivity index (χ1v) is 12.7. The van der Waals surface area contributed by atoms with E-state index in [-0.39, 0.29) is 41.9 Å². The highest BCUT2D eigenvalue weighted by Gasteiger charge is 2.33. The topological polar surface area (TPSA) is 118 Å². The van der Waals surface area contributed by atoms with Crippen LogP contribution in [-0.2, 0) is 20.9 Å². The summed E-state index contributed by atoms with van der Waals surface area (Å²) in [6, 6.07) is 14.6. The minimum Gasteiger partial charge on any atom is -0.506 e. The normalized spacial score (nSPS) is 15.1. The lowest BCUT2D eigenvalue weighted by Gasteiger charge is -2.13. The minimum atomic E-state index is -0.740. The molecule has 0 fully saturated rings. The van der Waals surface area contributed by atoms with Crippen LogP contribution < -0.4 is 9.47 Å². The van der Waals surface area contributed by atoms with Gasteiger partial charge >= 0.3 is 5.97 Å². The Morgan fingerprint density at radius 3 is 2.57 bits per heavy atom. The van der Waals surface area contributed by atoms with E-state index in [0.717, 1.165) is 17.3 Å². The highest BCUT2D eigenvalue weighted by Crippen LogP contribution is 2.40. The Morgan fingerprint density at radius 1 is 1.08 bits per heavy atom. The Bertz CT molecular complexity index is 1310. The first-order valence-electron chi connectivity index (χ1n) is 11.9. The van der Waals surface area contributed by atoms with Gasteiger partial charge in [-0.1, -0.05) is 43.0 Å². The van der Waals surface area contributed by atoms with Gasteiger partial charge in [0.1, 0.15) is 23.0 Å². The van der Waals surface area contributed by atoms with Crippen molar-refractivity contribution < 1.29 is 28.9 Å². The van der Waals surface area contributed by atoms with E-state index >= 15 is 0 Å². The number of amides is 1. The van der Waals surface area contributed by atoms with Crippen LogP contribution in [0, 0.1) is 11.3 Å². The number of hydrogen-bond donors (Lipinski definition) is 1. The van der Waals surface area contributed by atoms with Crippen LogP contribution in [0.4, 0.5) is 0 Å². The molecule has 8 nitrogen and oxygen atoms in total. The average molecular weight is 521 g/mol. The predicted molar refractivity (Wildman–Crippen MR) is 142 cm³/mol. The summed E-state index contributed by atoms with van der Waals surface area (Å²) in [6.07, 6.45) is 2.52. The Balaban J connectivity index is 1.91. The van der Waals surface area contributed by atoms with Gasteiger partial charge in [-0.3, -0.25) is 4.79 Å². The lowest BCUT2D eigenvalue weighted by Crippen LogP contribution is -2.14. The summed E-state index contributed by atoms with van der Waals surface area (Å²) in [5.74, 6) is -0.433. The number of carbonyl (C=O) groups excluding carboxylic acids is 2. The van der Waals surface area contributed by atoms with Crippen molar-refractivity contribution in [1.82, 2.24) is 0 Å². The SMILES string of the molecule is CCCC(=O)N=C1S/C(=C\c2ccc(OCc3ccccc3C#N)c(OCC)c2)C(O)=C1C(=O)OCC. The lowest BCUT2D eigenvalue weighted by atomic mass is 10.1. The van der Waals surface area contributed by atoms with Crippen LogP contribution >= 0.6 is 11.8 Å². The molecule has 37 heavy (non-hydrogen) atoms. The highest BCUT2D eigenvalue weighted by molar-refractivity contribution is 8.18. The first kappa shape index (κ1) is 27.6. The molecular formula is C28H28N2O6S. The van der Waals surface area contributed by atoms with E-state index in [1.807, 2.05) is 26.0 Å². The largest absolute Gasteiger partial charge is 0.506 e. The Kier molecular flexibility index (Phi) is 9.92. The minimum absolute atomic E-state index is 0.113. The van der Waals surface area contributed by atoms with Gasteiger partial charge in [0.2, 0.25) is 5.91 Å². The van der Waals surface area contributed by atoms with Crippen molar-refractivity contribution in [2.24, 2.45) is 4.99 Å². The molecule has 3 rings (SSSR count). The summed E-state index contributed by atoms with van der Waals surface area (Å²) in [7, 11) is 0. The molecule has 0 aliphatic carbocycles. The average Bonchev–Trinajstić information content (AvgIpc) is 3.18. The van der Waals surface area contributed by atoms with Crippen LogP contribution in [0.1, 0.15) is 50.3 Å². The van der Waals surface area contributed by atoms with E-state index in [1.165, 1.54) is 0 Å². The predicted octanol–water partition coefficient (Wildman–Crippen LogP) is 5.72. The smallest absolute Gasteiger partial charge is 0.344 e. The quantitative estimate of drug-likeness (QED) is 0.395. The number of aliphatic imine (C=N–C) groups is 1. The van der Waals surface area contributed by atoms with Crippen LogP contribution in [0.3, 0.4) is 0 Å². The summed E-state index contributed by atoms with van der Waals surface area (Å²) in [4.78, 5) is 29.0. The number of carbonyl (C=O) groups is 2. The van der Waals surface area contributed by atoms with Crippen LogP contribution in [-0.4, -0.2) is 35.2 Å². The number of thioether (sulfide) groups is 1. The number of hydrogen-bond acceptors (Lipinski definition) is 8. The number of nitriles is 1. The van der Waals surface area contributed by atoms with Crippen molar-refractivity contribution in [3.63, 3.8) is 0 Å². The molecule has 0 spiro atoms. The van der Waals surface area contributed by atoms with Crippen molar-refractivity contribution in [2.45, 2.75) is 40.2 Å². The first-order chi connectivity index (χ1) is 17.9. The molecule has 192 valence electrons. The van der Waals surface area contributed by atoms with E-state index in [2.05, 4.69) is 11.1 Å². The van der Waals surface area contributed by atoms with Crippen molar-refractivity contribution in [3.8, 4) is 17.6 Å². The van der Waals surface area contributed by atoms with Crippen molar-refractivity contribution in [2.75, 3.05) is 13.2 Å². The van der Waals surface area contributed by atoms with Gasteiger partial charge in [0.15, 0.2) is 11.5 Å². The monoisotopic (exact) mass is 520 g/mol. The number of aliphatic hydroxyl groups is 1. The molecule has 0 unspecified atom stereocenters. The van der Waals surface area contributed by atoms with Gasteiger partial charge in [0.05, 0.1) is 29.8 Å². The summed E-state index contributed by atoms with van der Waals surface area (Å²) in [5.41, 5.74) is 1.84. The Morgan fingerprint density at radius 2 is 1.86 bits per heavy atom. The van der Waals surface area contributed by atoms with E-state index in [1.54, 1.807) is 43.3 Å². The molecule has 2 aromatic rings. The molecule has 0 atom stereocenters. The fourth-order valence-corrected chi connectivity index (χ4v) is 4.47. The fraction of sp³-hybridized carbons (Fsp3) is 0.286. The van der Waals surface area contributed by atoms with Crippen LogP contribution in [0.25, 0.3) is 6.08 Å². The molecule has 0 saturated carbocycles. The zero-order valence-electron chi connectivity index (χ0n) is 20.9. The molecule has 9 heteroatoms. The molecule has 2 aromatic carbocycles. The Hall–Kier alpha value is -4.03. The molecular weight excluding hydrogens is 492 g/mol. The number of esters is 1. The highest BCUT2D eigenvalue weighted by atomic mass is 32.2. The third-order valence-electron chi connectivity index (χ3n) is 5.15. The van der Waals surface area contributed by atoms with Gasteiger partial charge in [-0.05, 0) is 50.1 Å². The van der Waals surface area contributed by atoms with Crippen molar-refractivity contribution in [3.05, 3.63) is 75.4 Å². The van der Waals surface area contributed by atoms with E-state index < -0.39 is 5.97 Å². The maximum Gasteiger partial charge on any atom is 0.344 e. The van der Waals surface area contributed by atoms with Gasteiger partial charge in [-0.15, -0.1) is 0 Å². The number of nitrogens with zero attached hydrogens (tertiary/aromatic N) is 2. The third-order valence-corrected chi connectivity index (χ3v) is 6.17. The van der Waals surface area contributed by atoms with E-state index in [0.29, 0.717) is 40.6 Å². The number of aliphatic hydroxyl groups excluding tert-OH is 1. The van der Waals surface area contributed by atoms with Gasteiger partial charge < -0.3 is 19.3 Å². The molecule has 1 N–H and O–H groups in total.